The monoisotopic (exact) mass is 142 g/mol. The van der Waals surface area contributed by atoms with Crippen LogP contribution in [0.25, 0.3) is 0 Å². The van der Waals surface area contributed by atoms with E-state index in [-0.39, 0.29) is 11.9 Å². The Hall–Kier alpha value is -0.530. The first-order valence-corrected chi connectivity index (χ1v) is 3.44. The van der Waals surface area contributed by atoms with Gasteiger partial charge < -0.3 is 4.74 Å². The Kier molecular flexibility index (Phi) is 4.08. The van der Waals surface area contributed by atoms with Crippen molar-refractivity contribution in [1.82, 2.24) is 0 Å². The second kappa shape index (κ2) is 4.31. The lowest BCUT2D eigenvalue weighted by molar-refractivity contribution is -0.149. The van der Waals surface area contributed by atoms with Crippen LogP contribution in [0, 0.1) is 19.8 Å². The standard InChI is InChI=1S/C8H14O2/c1-5-7(4)8(9)10-6(2)3/h6-7H,2-3,5H2,1,4H3. The Morgan fingerprint density at radius 1 is 1.60 bits per heavy atom. The molecule has 0 aliphatic carbocycles. The van der Waals surface area contributed by atoms with E-state index in [2.05, 4.69) is 13.8 Å². The molecule has 0 fully saturated rings. The fraction of sp³-hybridized carbons (Fsp3) is 0.625. The summed E-state index contributed by atoms with van der Waals surface area (Å²) in [6.07, 6.45) is 0.312. The molecule has 0 amide bonds. The molecule has 58 valence electrons. The number of carbonyl (C=O) groups is 1. The lowest BCUT2D eigenvalue weighted by atomic mass is 10.1. The molecule has 0 aliphatic heterocycles. The molecule has 2 nitrogen and oxygen atoms in total. The molecule has 1 unspecified atom stereocenters. The molecule has 0 saturated carbocycles. The van der Waals surface area contributed by atoms with Crippen LogP contribution in [0.1, 0.15) is 20.3 Å². The van der Waals surface area contributed by atoms with Crippen LogP contribution in [-0.2, 0) is 9.53 Å². The molecule has 0 aromatic heterocycles. The number of rotatable bonds is 3. The number of ether oxygens (including phenoxy) is 1. The molecule has 0 saturated heterocycles. The van der Waals surface area contributed by atoms with Crippen molar-refractivity contribution < 1.29 is 9.53 Å². The summed E-state index contributed by atoms with van der Waals surface area (Å²) in [6.45, 7) is 10.6. The van der Waals surface area contributed by atoms with E-state index in [1.165, 1.54) is 0 Å². The highest BCUT2D eigenvalue weighted by Crippen LogP contribution is 2.04. The summed E-state index contributed by atoms with van der Waals surface area (Å²) in [4.78, 5) is 10.9. The van der Waals surface area contributed by atoms with Crippen molar-refractivity contribution in [3.63, 3.8) is 0 Å². The van der Waals surface area contributed by atoms with Gasteiger partial charge in [0.1, 0.15) is 6.10 Å². The van der Waals surface area contributed by atoms with Gasteiger partial charge in [-0.2, -0.15) is 0 Å². The average molecular weight is 142 g/mol. The van der Waals surface area contributed by atoms with Gasteiger partial charge in [-0.25, -0.2) is 0 Å². The van der Waals surface area contributed by atoms with Gasteiger partial charge in [0, 0.05) is 0 Å². The Morgan fingerprint density at radius 2 is 2.10 bits per heavy atom. The zero-order valence-corrected chi connectivity index (χ0v) is 6.59. The molecule has 2 radical (unpaired) electrons. The smallest absolute Gasteiger partial charge is 0.308 e. The molecule has 0 heterocycles. The summed E-state index contributed by atoms with van der Waals surface area (Å²) in [5.41, 5.74) is 0. The number of carbonyl (C=O) groups excluding carboxylic acids is 1. The van der Waals surface area contributed by atoms with Crippen LogP contribution < -0.4 is 0 Å². The quantitative estimate of drug-likeness (QED) is 0.559. The number of esters is 1. The van der Waals surface area contributed by atoms with Crippen LogP contribution in [-0.4, -0.2) is 12.1 Å². The molecule has 0 aromatic rings. The van der Waals surface area contributed by atoms with E-state index in [0.29, 0.717) is 0 Å². The molecule has 0 N–H and O–H groups in total. The molecule has 1 atom stereocenters. The van der Waals surface area contributed by atoms with Crippen LogP contribution >= 0.6 is 0 Å². The molecule has 0 aromatic carbocycles. The third-order valence-corrected chi connectivity index (χ3v) is 1.30. The van der Waals surface area contributed by atoms with Crippen molar-refractivity contribution in [2.75, 3.05) is 0 Å². The van der Waals surface area contributed by atoms with E-state index in [4.69, 9.17) is 4.74 Å². The van der Waals surface area contributed by atoms with Crippen molar-refractivity contribution in [1.29, 1.82) is 0 Å². The van der Waals surface area contributed by atoms with Crippen LogP contribution in [0.2, 0.25) is 0 Å². The van der Waals surface area contributed by atoms with Gasteiger partial charge in [0.05, 0.1) is 5.92 Å². The molecule has 0 aliphatic rings. The highest BCUT2D eigenvalue weighted by Gasteiger charge is 2.12. The number of hydrogen-bond acceptors (Lipinski definition) is 2. The third kappa shape index (κ3) is 3.49. The van der Waals surface area contributed by atoms with Gasteiger partial charge in [0.25, 0.3) is 0 Å². The van der Waals surface area contributed by atoms with Gasteiger partial charge in [0.15, 0.2) is 0 Å². The third-order valence-electron chi connectivity index (χ3n) is 1.30. The first kappa shape index (κ1) is 9.47. The maximum atomic E-state index is 10.9. The lowest BCUT2D eigenvalue weighted by Gasteiger charge is -2.11. The normalized spacial score (nSPS) is 13.3. The van der Waals surface area contributed by atoms with Crippen molar-refractivity contribution in [2.45, 2.75) is 26.4 Å². The zero-order valence-electron chi connectivity index (χ0n) is 6.59. The van der Waals surface area contributed by atoms with Crippen LogP contribution in [0.4, 0.5) is 0 Å². The number of hydrogen-bond donors (Lipinski definition) is 0. The maximum Gasteiger partial charge on any atom is 0.308 e. The summed E-state index contributed by atoms with van der Waals surface area (Å²) in [6, 6.07) is 0. The van der Waals surface area contributed by atoms with Gasteiger partial charge >= 0.3 is 5.97 Å². The van der Waals surface area contributed by atoms with Gasteiger partial charge in [-0.3, -0.25) is 4.79 Å². The van der Waals surface area contributed by atoms with Crippen LogP contribution in [0.15, 0.2) is 0 Å². The minimum Gasteiger partial charge on any atom is -0.462 e. The fourth-order valence-electron chi connectivity index (χ4n) is 0.447. The first-order chi connectivity index (χ1) is 4.57. The average Bonchev–Trinajstić information content (AvgIpc) is 1.85. The molecule has 10 heavy (non-hydrogen) atoms. The minimum absolute atomic E-state index is 0.0361. The van der Waals surface area contributed by atoms with Crippen molar-refractivity contribution in [3.05, 3.63) is 13.8 Å². The van der Waals surface area contributed by atoms with E-state index in [1.807, 2.05) is 13.8 Å². The topological polar surface area (TPSA) is 26.3 Å². The first-order valence-electron chi connectivity index (χ1n) is 3.44. The largest absolute Gasteiger partial charge is 0.462 e. The van der Waals surface area contributed by atoms with Crippen LogP contribution in [0.5, 0.6) is 0 Å². The Morgan fingerprint density at radius 3 is 2.40 bits per heavy atom. The lowest BCUT2D eigenvalue weighted by Crippen LogP contribution is -2.18. The van der Waals surface area contributed by atoms with E-state index >= 15 is 0 Å². The van der Waals surface area contributed by atoms with Gasteiger partial charge in [-0.1, -0.05) is 13.8 Å². The van der Waals surface area contributed by atoms with Crippen molar-refractivity contribution in [2.24, 2.45) is 5.92 Å². The molecule has 0 rings (SSSR count). The van der Waals surface area contributed by atoms with Crippen molar-refractivity contribution >= 4 is 5.97 Å². The Bertz CT molecular complexity index is 108. The molecular weight excluding hydrogens is 128 g/mol. The predicted octanol–water partition coefficient (Wildman–Crippen LogP) is 1.61. The molecule has 0 spiro atoms. The minimum atomic E-state index is -0.485. The molecular formula is C8H14O2. The Labute approximate surface area is 62.6 Å². The van der Waals surface area contributed by atoms with Crippen molar-refractivity contribution in [3.8, 4) is 0 Å². The van der Waals surface area contributed by atoms with E-state index in [9.17, 15) is 4.79 Å². The summed E-state index contributed by atoms with van der Waals surface area (Å²) in [5, 5.41) is 0. The van der Waals surface area contributed by atoms with E-state index in [1.54, 1.807) is 0 Å². The summed E-state index contributed by atoms with van der Waals surface area (Å²) in [5.74, 6) is -0.247. The second-order valence-corrected chi connectivity index (χ2v) is 2.37. The fourth-order valence-corrected chi connectivity index (χ4v) is 0.447. The predicted molar refractivity (Wildman–Crippen MR) is 40.0 cm³/mol. The second-order valence-electron chi connectivity index (χ2n) is 2.37. The van der Waals surface area contributed by atoms with E-state index < -0.39 is 6.10 Å². The summed E-state index contributed by atoms with van der Waals surface area (Å²) < 4.78 is 4.74. The Balaban J connectivity index is 3.62. The summed E-state index contributed by atoms with van der Waals surface area (Å²) in [7, 11) is 0. The highest BCUT2D eigenvalue weighted by molar-refractivity contribution is 5.72. The summed E-state index contributed by atoms with van der Waals surface area (Å²) >= 11 is 0. The zero-order chi connectivity index (χ0) is 8.15. The van der Waals surface area contributed by atoms with E-state index in [0.717, 1.165) is 6.42 Å². The van der Waals surface area contributed by atoms with Gasteiger partial charge in [-0.15, -0.1) is 0 Å². The van der Waals surface area contributed by atoms with Crippen LogP contribution in [0.3, 0.4) is 0 Å². The molecule has 2 heteroatoms. The SMILES string of the molecule is [CH2]C([CH2])OC(=O)C(C)CC. The van der Waals surface area contributed by atoms with Gasteiger partial charge in [-0.05, 0) is 20.3 Å². The molecule has 0 bridgehead atoms. The highest BCUT2D eigenvalue weighted by atomic mass is 16.5. The maximum absolute atomic E-state index is 10.9. The van der Waals surface area contributed by atoms with Gasteiger partial charge in [0.2, 0.25) is 0 Å².